The van der Waals surface area contributed by atoms with Crippen molar-refractivity contribution in [2.75, 3.05) is 11.9 Å². The van der Waals surface area contributed by atoms with E-state index in [2.05, 4.69) is 5.32 Å². The Balaban J connectivity index is 1.67. The average molecular weight is 347 g/mol. The molecule has 3 aromatic rings. The van der Waals surface area contributed by atoms with Crippen LogP contribution in [-0.2, 0) is 9.53 Å². The fourth-order valence-electron chi connectivity index (χ4n) is 2.64. The van der Waals surface area contributed by atoms with Crippen LogP contribution in [0.5, 0.6) is 0 Å². The van der Waals surface area contributed by atoms with Gasteiger partial charge in [-0.1, -0.05) is 36.4 Å². The summed E-state index contributed by atoms with van der Waals surface area (Å²) >= 11 is 0. The first kappa shape index (κ1) is 17.4. The molecule has 1 N–H and O–H groups in total. The fraction of sp³-hybridized carbons (Fsp3) is 0.0952. The number of rotatable bonds is 5. The summed E-state index contributed by atoms with van der Waals surface area (Å²) < 4.78 is 5.19. The molecule has 0 atom stereocenters. The van der Waals surface area contributed by atoms with E-state index in [0.29, 0.717) is 16.8 Å². The summed E-state index contributed by atoms with van der Waals surface area (Å²) in [5, 5.41) is 4.34. The molecule has 0 fully saturated rings. The number of nitrogens with one attached hydrogen (secondary N) is 1. The molecule has 0 saturated heterocycles. The van der Waals surface area contributed by atoms with Gasteiger partial charge in [0.1, 0.15) is 0 Å². The molecule has 1 amide bonds. The zero-order valence-corrected chi connectivity index (χ0v) is 14.2. The Hall–Kier alpha value is -3.47. The van der Waals surface area contributed by atoms with Crippen molar-refractivity contribution in [3.63, 3.8) is 0 Å². The van der Waals surface area contributed by atoms with E-state index in [1.54, 1.807) is 36.4 Å². The van der Waals surface area contributed by atoms with Crippen molar-refractivity contribution in [1.82, 2.24) is 0 Å². The minimum absolute atomic E-state index is 0.187. The second kappa shape index (κ2) is 7.61. The average Bonchev–Trinajstić information content (AvgIpc) is 2.65. The largest absolute Gasteiger partial charge is 0.454 e. The highest BCUT2D eigenvalue weighted by Gasteiger charge is 2.14. The van der Waals surface area contributed by atoms with Crippen LogP contribution in [0, 0.1) is 0 Å². The van der Waals surface area contributed by atoms with Gasteiger partial charge in [-0.05, 0) is 41.1 Å². The maximum absolute atomic E-state index is 12.3. The van der Waals surface area contributed by atoms with E-state index in [1.807, 2.05) is 30.3 Å². The molecule has 0 aliphatic rings. The predicted molar refractivity (Wildman–Crippen MR) is 99.3 cm³/mol. The van der Waals surface area contributed by atoms with Gasteiger partial charge in [0.25, 0.3) is 0 Å². The molecule has 3 rings (SSSR count). The summed E-state index contributed by atoms with van der Waals surface area (Å²) in [5.41, 5.74) is 1.43. The van der Waals surface area contributed by atoms with Gasteiger partial charge in [-0.2, -0.15) is 0 Å². The lowest BCUT2D eigenvalue weighted by atomic mass is 10.0. The topological polar surface area (TPSA) is 72.5 Å². The highest BCUT2D eigenvalue weighted by molar-refractivity contribution is 6.06. The van der Waals surface area contributed by atoms with Crippen molar-refractivity contribution in [3.05, 3.63) is 77.9 Å². The molecule has 0 aromatic heterocycles. The van der Waals surface area contributed by atoms with Crippen molar-refractivity contribution < 1.29 is 19.1 Å². The molecule has 0 spiro atoms. The number of hydrogen-bond donors (Lipinski definition) is 1. The number of esters is 1. The van der Waals surface area contributed by atoms with Crippen LogP contribution in [0.15, 0.2) is 66.7 Å². The Morgan fingerprint density at radius 3 is 2.31 bits per heavy atom. The molecule has 0 radical (unpaired) electrons. The normalized spacial score (nSPS) is 10.3. The van der Waals surface area contributed by atoms with Crippen LogP contribution < -0.4 is 5.32 Å². The smallest absolute Gasteiger partial charge is 0.339 e. The molecule has 0 saturated carbocycles. The maximum Gasteiger partial charge on any atom is 0.339 e. The maximum atomic E-state index is 12.3. The fourth-order valence-corrected chi connectivity index (χ4v) is 2.64. The Morgan fingerprint density at radius 2 is 1.58 bits per heavy atom. The molecule has 130 valence electrons. The zero-order chi connectivity index (χ0) is 18.5. The third-order valence-corrected chi connectivity index (χ3v) is 3.87. The molecular formula is C21H17NO4. The van der Waals surface area contributed by atoms with Crippen molar-refractivity contribution in [2.24, 2.45) is 0 Å². The number of benzene rings is 3. The Bertz CT molecular complexity index is 971. The quantitative estimate of drug-likeness (QED) is 0.562. The molecular weight excluding hydrogens is 330 g/mol. The van der Waals surface area contributed by atoms with Crippen LogP contribution in [0.3, 0.4) is 0 Å². The van der Waals surface area contributed by atoms with Gasteiger partial charge in [0.2, 0.25) is 5.91 Å². The van der Waals surface area contributed by atoms with Crippen molar-refractivity contribution in [2.45, 2.75) is 6.92 Å². The molecule has 0 bridgehead atoms. The standard InChI is InChI=1S/C21H17NO4/c1-14(23)22-17-11-9-16(10-12-17)20(24)13-26-21(25)19-8-4-6-15-5-2-3-7-18(15)19/h2-12H,13H2,1H3,(H,22,23). The first-order valence-corrected chi connectivity index (χ1v) is 8.10. The molecule has 3 aromatic carbocycles. The van der Waals surface area contributed by atoms with Gasteiger partial charge in [0.15, 0.2) is 12.4 Å². The minimum Gasteiger partial charge on any atom is -0.454 e. The van der Waals surface area contributed by atoms with Crippen molar-refractivity contribution in [1.29, 1.82) is 0 Å². The van der Waals surface area contributed by atoms with Crippen molar-refractivity contribution >= 4 is 34.1 Å². The van der Waals surface area contributed by atoms with Crippen LogP contribution in [0.4, 0.5) is 5.69 Å². The summed E-state index contributed by atoms with van der Waals surface area (Å²) in [5.74, 6) is -1.04. The molecule has 5 heteroatoms. The Kier molecular flexibility index (Phi) is 5.08. The Morgan fingerprint density at radius 1 is 0.885 bits per heavy atom. The number of ether oxygens (including phenoxy) is 1. The van der Waals surface area contributed by atoms with Gasteiger partial charge in [-0.25, -0.2) is 4.79 Å². The van der Waals surface area contributed by atoms with Crippen LogP contribution in [0.2, 0.25) is 0 Å². The number of carbonyl (C=O) groups excluding carboxylic acids is 3. The molecule has 5 nitrogen and oxygen atoms in total. The summed E-state index contributed by atoms with van der Waals surface area (Å²) in [6, 6.07) is 19.3. The Labute approximate surface area is 150 Å². The SMILES string of the molecule is CC(=O)Nc1ccc(C(=O)COC(=O)c2cccc3ccccc23)cc1. The zero-order valence-electron chi connectivity index (χ0n) is 14.2. The van der Waals surface area contributed by atoms with Gasteiger partial charge < -0.3 is 10.1 Å². The van der Waals surface area contributed by atoms with Crippen LogP contribution in [0.25, 0.3) is 10.8 Å². The van der Waals surface area contributed by atoms with E-state index >= 15 is 0 Å². The third kappa shape index (κ3) is 3.95. The summed E-state index contributed by atoms with van der Waals surface area (Å²) in [7, 11) is 0. The van der Waals surface area contributed by atoms with E-state index in [9.17, 15) is 14.4 Å². The lowest BCUT2D eigenvalue weighted by Crippen LogP contribution is -2.14. The van der Waals surface area contributed by atoms with Gasteiger partial charge in [0.05, 0.1) is 5.56 Å². The second-order valence-corrected chi connectivity index (χ2v) is 5.78. The van der Waals surface area contributed by atoms with E-state index in [1.165, 1.54) is 6.92 Å². The molecule has 0 heterocycles. The van der Waals surface area contributed by atoms with Crippen molar-refractivity contribution in [3.8, 4) is 0 Å². The first-order chi connectivity index (χ1) is 12.5. The number of carbonyl (C=O) groups is 3. The number of fused-ring (bicyclic) bond motifs is 1. The van der Waals surface area contributed by atoms with Gasteiger partial charge in [-0.3, -0.25) is 9.59 Å². The third-order valence-electron chi connectivity index (χ3n) is 3.87. The monoisotopic (exact) mass is 347 g/mol. The van der Waals surface area contributed by atoms with Gasteiger partial charge in [0, 0.05) is 18.2 Å². The first-order valence-electron chi connectivity index (χ1n) is 8.10. The number of amides is 1. The highest BCUT2D eigenvalue weighted by Crippen LogP contribution is 2.19. The second-order valence-electron chi connectivity index (χ2n) is 5.78. The number of Topliss-reactive ketones (excluding diaryl/α,β-unsaturated/α-hetero) is 1. The molecule has 0 unspecified atom stereocenters. The number of hydrogen-bond acceptors (Lipinski definition) is 4. The van der Waals surface area contributed by atoms with E-state index < -0.39 is 5.97 Å². The van der Waals surface area contributed by atoms with E-state index in [0.717, 1.165) is 10.8 Å². The number of anilines is 1. The summed E-state index contributed by atoms with van der Waals surface area (Å²) in [6.07, 6.45) is 0. The van der Waals surface area contributed by atoms with E-state index in [4.69, 9.17) is 4.74 Å². The molecule has 0 aliphatic carbocycles. The predicted octanol–water partition coefficient (Wildman–Crippen LogP) is 3.84. The van der Waals surface area contributed by atoms with E-state index in [-0.39, 0.29) is 18.3 Å². The lowest BCUT2D eigenvalue weighted by Gasteiger charge is -2.08. The molecule has 0 aliphatic heterocycles. The highest BCUT2D eigenvalue weighted by atomic mass is 16.5. The van der Waals surface area contributed by atoms with Crippen LogP contribution in [-0.4, -0.2) is 24.3 Å². The minimum atomic E-state index is -0.537. The number of ketones is 1. The summed E-state index contributed by atoms with van der Waals surface area (Å²) in [6.45, 7) is 1.06. The lowest BCUT2D eigenvalue weighted by molar-refractivity contribution is -0.114. The van der Waals surface area contributed by atoms with Gasteiger partial charge in [-0.15, -0.1) is 0 Å². The molecule has 26 heavy (non-hydrogen) atoms. The summed E-state index contributed by atoms with van der Waals surface area (Å²) in [4.78, 5) is 35.6. The van der Waals surface area contributed by atoms with Crippen LogP contribution in [0.1, 0.15) is 27.6 Å². The van der Waals surface area contributed by atoms with Gasteiger partial charge >= 0.3 is 5.97 Å². The van der Waals surface area contributed by atoms with Crippen LogP contribution >= 0.6 is 0 Å².